The number of morpholine rings is 1. The first-order valence-corrected chi connectivity index (χ1v) is 14.8. The van der Waals surface area contributed by atoms with Crippen LogP contribution in [0.15, 0.2) is 76.5 Å². The molecule has 8 rings (SSSR count). The molecule has 5 aromatic rings. The maximum Gasteiger partial charge on any atom is 0.200 e. The first kappa shape index (κ1) is 26.8. The molecular formula is C26H25N15O2S. The summed E-state index contributed by atoms with van der Waals surface area (Å²) in [5, 5.41) is 32.7. The van der Waals surface area contributed by atoms with Crippen LogP contribution in [0.2, 0.25) is 0 Å². The molecule has 0 aliphatic carbocycles. The normalized spacial score (nSPS) is 26.5. The number of hydrogen-bond acceptors (Lipinski definition) is 18. The fraction of sp³-hybridized carbons (Fsp3) is 0.346. The van der Waals surface area contributed by atoms with Crippen molar-refractivity contribution in [3.8, 4) is 0 Å². The third-order valence-electron chi connectivity index (χ3n) is 8.00. The van der Waals surface area contributed by atoms with E-state index in [4.69, 9.17) is 34.4 Å². The number of aromatic nitrogens is 10. The summed E-state index contributed by atoms with van der Waals surface area (Å²) in [5.74, 6) is 0.449. The van der Waals surface area contributed by atoms with Crippen molar-refractivity contribution in [2.45, 2.75) is 17.2 Å². The molecule has 0 bridgehead atoms. The van der Waals surface area contributed by atoms with Crippen molar-refractivity contribution in [2.75, 3.05) is 39.4 Å². The van der Waals surface area contributed by atoms with E-state index in [-0.39, 0.29) is 0 Å². The van der Waals surface area contributed by atoms with Gasteiger partial charge in [0.25, 0.3) is 0 Å². The average molecular weight is 612 g/mol. The number of hydrogen-bond donors (Lipinski definition) is 0. The van der Waals surface area contributed by atoms with Crippen LogP contribution in [0.1, 0.15) is 34.6 Å². The summed E-state index contributed by atoms with van der Waals surface area (Å²) in [7, 11) is 0. The summed E-state index contributed by atoms with van der Waals surface area (Å²) >= 11 is 1.23. The molecule has 0 N–H and O–H groups in total. The van der Waals surface area contributed by atoms with Gasteiger partial charge in [-0.2, -0.15) is 20.2 Å². The lowest BCUT2D eigenvalue weighted by molar-refractivity contribution is -0.202. The fourth-order valence-electron chi connectivity index (χ4n) is 6.47. The van der Waals surface area contributed by atoms with Gasteiger partial charge in [0.1, 0.15) is 17.4 Å². The molecule has 5 aromatic heterocycles. The second kappa shape index (κ2) is 11.1. The second-order valence-electron chi connectivity index (χ2n) is 10.1. The molecule has 44 heavy (non-hydrogen) atoms. The van der Waals surface area contributed by atoms with Crippen LogP contribution < -0.4 is 0 Å². The molecule has 0 aromatic carbocycles. The number of aliphatic imine (C=N–C) groups is 1. The summed E-state index contributed by atoms with van der Waals surface area (Å²) in [4.78, 5) is 24.0. The van der Waals surface area contributed by atoms with E-state index in [1.807, 2.05) is 28.9 Å². The van der Waals surface area contributed by atoms with Gasteiger partial charge in [0.15, 0.2) is 17.6 Å². The molecule has 3 aliphatic rings. The smallest absolute Gasteiger partial charge is 0.200 e. The largest absolute Gasteiger partial charge is 0.379 e. The molecule has 2 saturated heterocycles. The van der Waals surface area contributed by atoms with Gasteiger partial charge in [-0.25, -0.2) is 15.0 Å². The predicted octanol–water partition coefficient (Wildman–Crippen LogP) is 0.301. The van der Waals surface area contributed by atoms with Crippen LogP contribution >= 0.6 is 11.5 Å². The van der Waals surface area contributed by atoms with Crippen LogP contribution in [0.25, 0.3) is 0 Å². The third-order valence-corrected chi connectivity index (χ3v) is 8.51. The molecule has 17 nitrogen and oxygen atoms in total. The van der Waals surface area contributed by atoms with Crippen molar-refractivity contribution < 1.29 is 9.26 Å². The Morgan fingerprint density at radius 2 is 1.80 bits per heavy atom. The molecule has 3 aliphatic heterocycles. The van der Waals surface area contributed by atoms with Gasteiger partial charge in [-0.1, -0.05) is 4.49 Å². The Hall–Kier alpha value is -4.75. The highest BCUT2D eigenvalue weighted by molar-refractivity contribution is 7.03. The Bertz CT molecular complexity index is 1620. The van der Waals surface area contributed by atoms with Crippen molar-refractivity contribution in [3.63, 3.8) is 0 Å². The van der Waals surface area contributed by atoms with Crippen LogP contribution in [0.3, 0.4) is 0 Å². The third kappa shape index (κ3) is 3.88. The molecular weight excluding hydrogens is 586 g/mol. The number of nitrogens with zero attached hydrogens (tertiary/aromatic N) is 15. The van der Waals surface area contributed by atoms with E-state index in [1.165, 1.54) is 17.8 Å². The minimum Gasteiger partial charge on any atom is -0.379 e. The van der Waals surface area contributed by atoms with Crippen molar-refractivity contribution >= 4 is 17.9 Å². The quantitative estimate of drug-likeness (QED) is 0.245. The average Bonchev–Trinajstić information content (AvgIpc) is 3.93. The maximum atomic E-state index is 5.86. The minimum absolute atomic E-state index is 0.449. The first-order valence-electron chi connectivity index (χ1n) is 13.9. The zero-order valence-corrected chi connectivity index (χ0v) is 24.0. The molecule has 0 saturated carbocycles. The van der Waals surface area contributed by atoms with Crippen molar-refractivity contribution in [3.05, 3.63) is 95.6 Å². The molecule has 18 heteroatoms. The lowest BCUT2D eigenvalue weighted by Gasteiger charge is -2.51. The van der Waals surface area contributed by atoms with E-state index < -0.39 is 17.2 Å². The Morgan fingerprint density at radius 1 is 0.886 bits per heavy atom. The number of hydrazine groups is 2. The lowest BCUT2D eigenvalue weighted by atomic mass is 9.83. The molecule has 0 amide bonds. The van der Waals surface area contributed by atoms with Crippen LogP contribution in [0.5, 0.6) is 0 Å². The van der Waals surface area contributed by atoms with E-state index in [1.54, 1.807) is 43.2 Å². The summed E-state index contributed by atoms with van der Waals surface area (Å²) < 4.78 is 15.7. The highest BCUT2D eigenvalue weighted by atomic mass is 32.1. The Balaban J connectivity index is 1.58. The molecule has 0 spiro atoms. The SMILES string of the molecule is C1=NCCN1N1C(c2cccnn2)C(c2cnccn2)(c2ncccn2)N(N2CCOCC2)C1(c1conn1)c1csnn1. The summed E-state index contributed by atoms with van der Waals surface area (Å²) in [5.41, 5.74) is -0.476. The first-order chi connectivity index (χ1) is 21.9. The lowest BCUT2D eigenvalue weighted by Crippen LogP contribution is -2.66. The van der Waals surface area contributed by atoms with E-state index in [9.17, 15) is 0 Å². The van der Waals surface area contributed by atoms with E-state index in [2.05, 4.69) is 45.0 Å². The van der Waals surface area contributed by atoms with Gasteiger partial charge in [0, 0.05) is 54.7 Å². The van der Waals surface area contributed by atoms with Crippen molar-refractivity contribution in [1.82, 2.24) is 70.1 Å². The van der Waals surface area contributed by atoms with Gasteiger partial charge in [-0.05, 0) is 29.7 Å². The molecule has 0 radical (unpaired) electrons. The van der Waals surface area contributed by atoms with Crippen LogP contribution in [0, 0.1) is 0 Å². The standard InChI is InChI=1S/C26H25N15O2S/c1-3-19(33-32-6-1)23-25(20-15-27-7-8-29-20,24-30-4-2-5-31-24)41(38-11-13-42-14-12-38)26(21-16-43-36-34-21,22-17-44-37-35-22)40(23)39-10-9-28-18-39/h1-8,15-18,23H,9-14H2. The van der Waals surface area contributed by atoms with Gasteiger partial charge in [-0.15, -0.1) is 10.2 Å². The van der Waals surface area contributed by atoms with Crippen molar-refractivity contribution in [2.24, 2.45) is 4.99 Å². The predicted molar refractivity (Wildman–Crippen MR) is 151 cm³/mol. The Morgan fingerprint density at radius 3 is 2.48 bits per heavy atom. The topological polar surface area (TPSA) is 177 Å². The van der Waals surface area contributed by atoms with Crippen molar-refractivity contribution in [1.29, 1.82) is 0 Å². The van der Waals surface area contributed by atoms with E-state index in [0.717, 1.165) is 0 Å². The van der Waals surface area contributed by atoms with Gasteiger partial charge in [-0.3, -0.25) is 20.0 Å². The van der Waals surface area contributed by atoms with Crippen LogP contribution in [-0.4, -0.2) is 116 Å². The van der Waals surface area contributed by atoms with E-state index >= 15 is 0 Å². The Labute approximate surface area is 254 Å². The minimum atomic E-state index is -1.36. The van der Waals surface area contributed by atoms with Gasteiger partial charge in [0.2, 0.25) is 5.66 Å². The second-order valence-corrected chi connectivity index (χ2v) is 10.7. The van der Waals surface area contributed by atoms with Gasteiger partial charge < -0.3 is 9.26 Å². The zero-order valence-electron chi connectivity index (χ0n) is 23.2. The fourth-order valence-corrected chi connectivity index (χ4v) is 6.96. The highest BCUT2D eigenvalue weighted by Crippen LogP contribution is 2.63. The Kier molecular flexibility index (Phi) is 6.75. The van der Waals surface area contributed by atoms with Crippen LogP contribution in [-0.2, 0) is 15.9 Å². The summed E-state index contributed by atoms with van der Waals surface area (Å²) in [6.07, 6.45) is 13.4. The van der Waals surface area contributed by atoms with Crippen LogP contribution in [0.4, 0.5) is 0 Å². The molecule has 2 fully saturated rings. The molecule has 3 atom stereocenters. The molecule has 8 heterocycles. The maximum absolute atomic E-state index is 5.86. The number of rotatable bonds is 7. The summed E-state index contributed by atoms with van der Waals surface area (Å²) in [6.45, 7) is 3.13. The number of ether oxygens (including phenoxy) is 1. The van der Waals surface area contributed by atoms with Gasteiger partial charge >= 0.3 is 0 Å². The highest BCUT2D eigenvalue weighted by Gasteiger charge is 2.75. The van der Waals surface area contributed by atoms with Gasteiger partial charge in [0.05, 0.1) is 50.2 Å². The molecule has 222 valence electrons. The summed E-state index contributed by atoms with van der Waals surface area (Å²) in [6, 6.07) is 4.86. The monoisotopic (exact) mass is 611 g/mol. The molecule has 3 unspecified atom stereocenters. The zero-order chi connectivity index (χ0) is 29.4. The van der Waals surface area contributed by atoms with E-state index in [0.29, 0.717) is 68.0 Å².